The Balaban J connectivity index is 1.79. The number of nitrogens with one attached hydrogen (secondary N) is 1. The Labute approximate surface area is 163 Å². The van der Waals surface area contributed by atoms with Crippen molar-refractivity contribution in [3.05, 3.63) is 47.8 Å². The Bertz CT molecular complexity index is 1080. The Morgan fingerprint density at radius 1 is 1.21 bits per heavy atom. The maximum Gasteiger partial charge on any atom is 0.156 e. The molecular weight excluding hydrogens is 355 g/mol. The second kappa shape index (κ2) is 7.45. The number of likely N-dealkylation sites (tertiary alicyclic amines) is 1. The molecule has 1 saturated heterocycles. The largest absolute Gasteiger partial charge is 0.507 e. The van der Waals surface area contributed by atoms with E-state index in [0.29, 0.717) is 33.4 Å². The molecule has 3 aromatic rings. The zero-order chi connectivity index (χ0) is 19.7. The summed E-state index contributed by atoms with van der Waals surface area (Å²) in [7, 11) is 2.09. The van der Waals surface area contributed by atoms with Gasteiger partial charge >= 0.3 is 0 Å². The van der Waals surface area contributed by atoms with E-state index in [0.717, 1.165) is 25.9 Å². The molecule has 1 atom stereocenters. The van der Waals surface area contributed by atoms with Crippen molar-refractivity contribution in [3.63, 3.8) is 0 Å². The van der Waals surface area contributed by atoms with Crippen molar-refractivity contribution in [1.82, 2.24) is 15.1 Å². The highest BCUT2D eigenvalue weighted by molar-refractivity contribution is 6.01. The summed E-state index contributed by atoms with van der Waals surface area (Å²) >= 11 is 0. The standard InChI is InChI=1S/C22H21FN4O/c1-3-14-6-8-18(20(28)11-14)21-17-9-7-15(23)12-19(17)22(26-25-21)24-16-5-4-10-27(2)13-16/h1,6-9,11-12,16,28H,4-5,10,13H2,2H3,(H,24,26)/t16-/m1/s1. The van der Waals surface area contributed by atoms with Crippen LogP contribution in [0.5, 0.6) is 5.75 Å². The van der Waals surface area contributed by atoms with Gasteiger partial charge in [-0.05, 0) is 62.8 Å². The molecule has 6 heteroatoms. The van der Waals surface area contributed by atoms with Crippen LogP contribution in [0.3, 0.4) is 0 Å². The van der Waals surface area contributed by atoms with E-state index in [1.165, 1.54) is 18.2 Å². The molecule has 1 fully saturated rings. The van der Waals surface area contributed by atoms with Crippen molar-refractivity contribution in [2.45, 2.75) is 18.9 Å². The van der Waals surface area contributed by atoms with E-state index >= 15 is 0 Å². The lowest BCUT2D eigenvalue weighted by atomic mass is 10.0. The van der Waals surface area contributed by atoms with Crippen molar-refractivity contribution in [2.24, 2.45) is 0 Å². The van der Waals surface area contributed by atoms with E-state index in [1.807, 2.05) is 0 Å². The number of likely N-dealkylation sites (N-methyl/N-ethyl adjacent to an activating group) is 1. The number of aromatic hydroxyl groups is 1. The molecule has 1 aromatic heterocycles. The van der Waals surface area contributed by atoms with Gasteiger partial charge < -0.3 is 15.3 Å². The number of terminal acetylenes is 1. The summed E-state index contributed by atoms with van der Waals surface area (Å²) in [5.41, 5.74) is 1.57. The number of halogens is 1. The van der Waals surface area contributed by atoms with Crippen molar-refractivity contribution < 1.29 is 9.50 Å². The quantitative estimate of drug-likeness (QED) is 0.684. The lowest BCUT2D eigenvalue weighted by Gasteiger charge is -2.30. The molecule has 0 radical (unpaired) electrons. The van der Waals surface area contributed by atoms with Gasteiger partial charge in [-0.3, -0.25) is 0 Å². The molecule has 0 unspecified atom stereocenters. The number of aromatic nitrogens is 2. The van der Waals surface area contributed by atoms with E-state index < -0.39 is 0 Å². The summed E-state index contributed by atoms with van der Waals surface area (Å²) < 4.78 is 14.0. The summed E-state index contributed by atoms with van der Waals surface area (Å²) in [6.45, 7) is 1.97. The summed E-state index contributed by atoms with van der Waals surface area (Å²) in [5, 5.41) is 23.8. The normalized spacial score (nSPS) is 17.4. The number of anilines is 1. The van der Waals surface area contributed by atoms with Crippen molar-refractivity contribution in [1.29, 1.82) is 0 Å². The Morgan fingerprint density at radius 3 is 2.82 bits per heavy atom. The highest BCUT2D eigenvalue weighted by Crippen LogP contribution is 2.35. The lowest BCUT2D eigenvalue weighted by Crippen LogP contribution is -2.40. The maximum absolute atomic E-state index is 14.0. The molecule has 28 heavy (non-hydrogen) atoms. The zero-order valence-corrected chi connectivity index (χ0v) is 15.6. The number of hydrogen-bond donors (Lipinski definition) is 2. The van der Waals surface area contributed by atoms with Gasteiger partial charge in [-0.25, -0.2) is 4.39 Å². The number of nitrogens with zero attached hydrogens (tertiary/aromatic N) is 3. The second-order valence-corrected chi connectivity index (χ2v) is 7.21. The number of rotatable bonds is 3. The van der Waals surface area contributed by atoms with E-state index in [1.54, 1.807) is 18.2 Å². The Kier molecular flexibility index (Phi) is 4.84. The molecule has 4 rings (SSSR count). The van der Waals surface area contributed by atoms with Crippen LogP contribution in [0, 0.1) is 18.2 Å². The number of phenolic OH excluding ortho intramolecular Hbond substituents is 1. The van der Waals surface area contributed by atoms with Crippen LogP contribution in [-0.4, -0.2) is 46.4 Å². The predicted molar refractivity (Wildman–Crippen MR) is 109 cm³/mol. The topological polar surface area (TPSA) is 61.3 Å². The summed E-state index contributed by atoms with van der Waals surface area (Å²) in [6, 6.07) is 9.69. The fourth-order valence-electron chi connectivity index (χ4n) is 3.73. The molecule has 0 saturated carbocycles. The van der Waals surface area contributed by atoms with Crippen LogP contribution < -0.4 is 5.32 Å². The fourth-order valence-corrected chi connectivity index (χ4v) is 3.73. The van der Waals surface area contributed by atoms with Crippen LogP contribution in [0.15, 0.2) is 36.4 Å². The monoisotopic (exact) mass is 376 g/mol. The van der Waals surface area contributed by atoms with Crippen LogP contribution >= 0.6 is 0 Å². The second-order valence-electron chi connectivity index (χ2n) is 7.21. The first kappa shape index (κ1) is 18.2. The van der Waals surface area contributed by atoms with Gasteiger partial charge in [0, 0.05) is 34.5 Å². The minimum atomic E-state index is -0.345. The molecule has 2 aromatic carbocycles. The maximum atomic E-state index is 14.0. The molecule has 2 N–H and O–H groups in total. The van der Waals surface area contributed by atoms with Crippen molar-refractivity contribution in [3.8, 4) is 29.4 Å². The number of hydrogen-bond acceptors (Lipinski definition) is 5. The van der Waals surface area contributed by atoms with Gasteiger partial charge in [0.1, 0.15) is 17.3 Å². The number of phenols is 1. The summed E-state index contributed by atoms with van der Waals surface area (Å²) in [6.07, 6.45) is 7.52. The van der Waals surface area contributed by atoms with Crippen LogP contribution in [0.1, 0.15) is 18.4 Å². The average Bonchev–Trinajstić information content (AvgIpc) is 2.68. The molecule has 1 aliphatic rings. The van der Waals surface area contributed by atoms with Crippen molar-refractivity contribution >= 4 is 16.6 Å². The first-order chi connectivity index (χ1) is 13.5. The molecule has 0 spiro atoms. The molecule has 142 valence electrons. The van der Waals surface area contributed by atoms with Gasteiger partial charge in [-0.2, -0.15) is 0 Å². The van der Waals surface area contributed by atoms with Gasteiger partial charge in [-0.15, -0.1) is 16.6 Å². The van der Waals surface area contributed by atoms with Gasteiger partial charge in [-0.1, -0.05) is 5.92 Å². The minimum absolute atomic E-state index is 0.0185. The SMILES string of the molecule is C#Cc1ccc(-c2nnc(N[C@@H]3CCCN(C)C3)c3cc(F)ccc23)c(O)c1. The Morgan fingerprint density at radius 2 is 2.07 bits per heavy atom. The van der Waals surface area contributed by atoms with E-state index in [4.69, 9.17) is 6.42 Å². The minimum Gasteiger partial charge on any atom is -0.507 e. The highest BCUT2D eigenvalue weighted by Gasteiger charge is 2.20. The van der Waals surface area contributed by atoms with Gasteiger partial charge in [0.15, 0.2) is 5.82 Å². The molecule has 0 aliphatic carbocycles. The number of fused-ring (bicyclic) bond motifs is 1. The van der Waals surface area contributed by atoms with Gasteiger partial charge in [0.2, 0.25) is 0 Å². The van der Waals surface area contributed by atoms with E-state index in [9.17, 15) is 9.50 Å². The molecule has 0 bridgehead atoms. The van der Waals surface area contributed by atoms with Gasteiger partial charge in [0.25, 0.3) is 0 Å². The van der Waals surface area contributed by atoms with Crippen molar-refractivity contribution in [2.75, 3.05) is 25.5 Å². The number of benzene rings is 2. The molecule has 0 amide bonds. The summed E-state index contributed by atoms with van der Waals surface area (Å²) in [4.78, 5) is 2.26. The highest BCUT2D eigenvalue weighted by atomic mass is 19.1. The average molecular weight is 376 g/mol. The van der Waals surface area contributed by atoms with Crippen LogP contribution in [0.2, 0.25) is 0 Å². The van der Waals surface area contributed by atoms with Crippen LogP contribution in [0.25, 0.3) is 22.0 Å². The van der Waals surface area contributed by atoms with Crippen LogP contribution in [0.4, 0.5) is 10.2 Å². The zero-order valence-electron chi connectivity index (χ0n) is 15.6. The first-order valence-corrected chi connectivity index (χ1v) is 9.26. The van der Waals surface area contributed by atoms with Gasteiger partial charge in [0.05, 0.1) is 0 Å². The third-order valence-corrected chi connectivity index (χ3v) is 5.13. The van der Waals surface area contributed by atoms with E-state index in [-0.39, 0.29) is 17.6 Å². The smallest absolute Gasteiger partial charge is 0.156 e. The third-order valence-electron chi connectivity index (χ3n) is 5.13. The van der Waals surface area contributed by atoms with E-state index in [2.05, 4.69) is 33.4 Å². The summed E-state index contributed by atoms with van der Waals surface area (Å²) in [5.74, 6) is 2.72. The first-order valence-electron chi connectivity index (χ1n) is 9.26. The lowest BCUT2D eigenvalue weighted by molar-refractivity contribution is 0.261. The Hall–Kier alpha value is -3.17. The fraction of sp³-hybridized carbons (Fsp3) is 0.273. The molecule has 2 heterocycles. The third kappa shape index (κ3) is 3.49. The number of piperidine rings is 1. The molecule has 1 aliphatic heterocycles. The molecule has 5 nitrogen and oxygen atoms in total. The van der Waals surface area contributed by atoms with Crippen LogP contribution in [-0.2, 0) is 0 Å². The molecular formula is C22H21FN4O. The predicted octanol–water partition coefficient (Wildman–Crippen LogP) is 3.63.